The second-order valence-electron chi connectivity index (χ2n) is 3.47. The van der Waals surface area contributed by atoms with E-state index in [0.29, 0.717) is 21.2 Å². The van der Waals surface area contributed by atoms with E-state index in [1.807, 2.05) is 0 Å². The first-order valence-corrected chi connectivity index (χ1v) is 5.63. The van der Waals surface area contributed by atoms with Crippen molar-refractivity contribution < 1.29 is 9.90 Å². The molecule has 0 fully saturated rings. The molecule has 0 heterocycles. The minimum atomic E-state index is -0.989. The van der Waals surface area contributed by atoms with E-state index in [1.54, 1.807) is 36.4 Å². The van der Waals surface area contributed by atoms with Gasteiger partial charge < -0.3 is 5.11 Å². The van der Waals surface area contributed by atoms with Crippen LogP contribution in [0.1, 0.15) is 10.4 Å². The second-order valence-corrected chi connectivity index (χ2v) is 4.32. The van der Waals surface area contributed by atoms with Gasteiger partial charge in [0.25, 0.3) is 0 Å². The second kappa shape index (κ2) is 4.78. The lowest BCUT2D eigenvalue weighted by atomic mass is 10.00. The van der Waals surface area contributed by atoms with E-state index in [9.17, 15) is 4.79 Å². The number of rotatable bonds is 2. The largest absolute Gasteiger partial charge is 0.478 e. The topological polar surface area (TPSA) is 37.3 Å². The third-order valence-corrected chi connectivity index (χ3v) is 2.94. The minimum absolute atomic E-state index is 0.205. The summed E-state index contributed by atoms with van der Waals surface area (Å²) in [4.78, 5) is 11.1. The number of carbonyl (C=O) groups is 1. The SMILES string of the molecule is O=C(O)c1ccccc1-c1cc(Cl)ccc1Cl. The van der Waals surface area contributed by atoms with E-state index in [4.69, 9.17) is 28.3 Å². The van der Waals surface area contributed by atoms with Crippen molar-refractivity contribution in [3.05, 3.63) is 58.1 Å². The van der Waals surface area contributed by atoms with Crippen molar-refractivity contribution >= 4 is 29.2 Å². The fourth-order valence-corrected chi connectivity index (χ4v) is 2.00. The zero-order valence-electron chi connectivity index (χ0n) is 8.65. The van der Waals surface area contributed by atoms with E-state index in [0.717, 1.165) is 0 Å². The average Bonchev–Trinajstić information content (AvgIpc) is 2.32. The van der Waals surface area contributed by atoms with Crippen LogP contribution in [0.3, 0.4) is 0 Å². The molecule has 0 unspecified atom stereocenters. The molecule has 0 spiro atoms. The minimum Gasteiger partial charge on any atom is -0.478 e. The molecule has 0 saturated heterocycles. The van der Waals surface area contributed by atoms with Gasteiger partial charge in [-0.2, -0.15) is 0 Å². The van der Waals surface area contributed by atoms with Crippen LogP contribution in [0.2, 0.25) is 10.0 Å². The highest BCUT2D eigenvalue weighted by molar-refractivity contribution is 6.35. The normalized spacial score (nSPS) is 10.2. The first kappa shape index (κ1) is 12.0. The summed E-state index contributed by atoms with van der Waals surface area (Å²) in [5, 5.41) is 10.1. The molecular weight excluding hydrogens is 259 g/mol. The number of carboxylic acids is 1. The molecule has 2 rings (SSSR count). The lowest BCUT2D eigenvalue weighted by Gasteiger charge is -2.08. The lowest BCUT2D eigenvalue weighted by molar-refractivity contribution is 0.0698. The molecule has 0 aliphatic carbocycles. The molecule has 2 aromatic rings. The fraction of sp³-hybridized carbons (Fsp3) is 0. The molecule has 86 valence electrons. The first-order valence-electron chi connectivity index (χ1n) is 4.87. The zero-order chi connectivity index (χ0) is 12.4. The van der Waals surface area contributed by atoms with E-state index in [2.05, 4.69) is 0 Å². The van der Waals surface area contributed by atoms with Crippen LogP contribution in [0.5, 0.6) is 0 Å². The smallest absolute Gasteiger partial charge is 0.336 e. The summed E-state index contributed by atoms with van der Waals surface area (Å²) in [6.45, 7) is 0. The van der Waals surface area contributed by atoms with Crippen molar-refractivity contribution in [1.29, 1.82) is 0 Å². The number of hydrogen-bond donors (Lipinski definition) is 1. The molecule has 1 N–H and O–H groups in total. The Hall–Kier alpha value is -1.51. The molecule has 0 atom stereocenters. The standard InChI is InChI=1S/C13H8Cl2O2/c14-8-5-6-12(15)11(7-8)9-3-1-2-4-10(9)13(16)17/h1-7H,(H,16,17). The average molecular weight is 267 g/mol. The Bertz CT molecular complexity index is 579. The van der Waals surface area contributed by atoms with Gasteiger partial charge in [-0.1, -0.05) is 41.4 Å². The van der Waals surface area contributed by atoms with Gasteiger partial charge in [0.05, 0.1) is 5.56 Å². The van der Waals surface area contributed by atoms with E-state index in [1.165, 1.54) is 6.07 Å². The Morgan fingerprint density at radius 1 is 1.00 bits per heavy atom. The number of hydrogen-bond acceptors (Lipinski definition) is 1. The van der Waals surface area contributed by atoms with Gasteiger partial charge in [0.1, 0.15) is 0 Å². The van der Waals surface area contributed by atoms with Gasteiger partial charge in [-0.15, -0.1) is 0 Å². The highest BCUT2D eigenvalue weighted by Gasteiger charge is 2.13. The van der Waals surface area contributed by atoms with Crippen LogP contribution in [0, 0.1) is 0 Å². The van der Waals surface area contributed by atoms with Gasteiger partial charge in [-0.25, -0.2) is 4.79 Å². The van der Waals surface area contributed by atoms with Crippen molar-refractivity contribution in [3.8, 4) is 11.1 Å². The summed E-state index contributed by atoms with van der Waals surface area (Å²) in [7, 11) is 0. The van der Waals surface area contributed by atoms with Crippen LogP contribution in [0.4, 0.5) is 0 Å². The van der Waals surface area contributed by atoms with Gasteiger partial charge >= 0.3 is 5.97 Å². The quantitative estimate of drug-likeness (QED) is 0.877. The number of carboxylic acid groups (broad SMARTS) is 1. The predicted molar refractivity (Wildman–Crippen MR) is 68.9 cm³/mol. The van der Waals surface area contributed by atoms with Gasteiger partial charge in [0, 0.05) is 15.6 Å². The molecule has 0 aromatic heterocycles. The zero-order valence-corrected chi connectivity index (χ0v) is 10.2. The number of aromatic carboxylic acids is 1. The monoisotopic (exact) mass is 266 g/mol. The summed E-state index contributed by atoms with van der Waals surface area (Å²) in [6.07, 6.45) is 0. The highest BCUT2D eigenvalue weighted by Crippen LogP contribution is 2.32. The molecule has 17 heavy (non-hydrogen) atoms. The fourth-order valence-electron chi connectivity index (χ4n) is 1.61. The van der Waals surface area contributed by atoms with E-state index < -0.39 is 5.97 Å². The summed E-state index contributed by atoms with van der Waals surface area (Å²) in [5.41, 5.74) is 1.39. The van der Waals surface area contributed by atoms with Crippen molar-refractivity contribution in [2.45, 2.75) is 0 Å². The molecule has 2 aromatic carbocycles. The summed E-state index contributed by atoms with van der Waals surface area (Å²) >= 11 is 11.9. The van der Waals surface area contributed by atoms with E-state index >= 15 is 0 Å². The van der Waals surface area contributed by atoms with Gasteiger partial charge in [0.2, 0.25) is 0 Å². The van der Waals surface area contributed by atoms with Crippen LogP contribution in [-0.2, 0) is 0 Å². The highest BCUT2D eigenvalue weighted by atomic mass is 35.5. The van der Waals surface area contributed by atoms with Crippen LogP contribution in [-0.4, -0.2) is 11.1 Å². The predicted octanol–water partition coefficient (Wildman–Crippen LogP) is 4.36. The van der Waals surface area contributed by atoms with Gasteiger partial charge in [0.15, 0.2) is 0 Å². The lowest BCUT2D eigenvalue weighted by Crippen LogP contribution is -1.99. The molecule has 0 amide bonds. The summed E-state index contributed by atoms with van der Waals surface area (Å²) in [5.74, 6) is -0.989. The molecule has 0 saturated carbocycles. The Labute approximate surface area is 108 Å². The molecule has 0 radical (unpaired) electrons. The van der Waals surface area contributed by atoms with Crippen LogP contribution < -0.4 is 0 Å². The van der Waals surface area contributed by atoms with Crippen molar-refractivity contribution in [1.82, 2.24) is 0 Å². The van der Waals surface area contributed by atoms with Crippen molar-refractivity contribution in [3.63, 3.8) is 0 Å². The molecule has 0 aliphatic rings. The third-order valence-electron chi connectivity index (χ3n) is 2.38. The van der Waals surface area contributed by atoms with Gasteiger partial charge in [-0.3, -0.25) is 0 Å². The first-order chi connectivity index (χ1) is 8.09. The molecule has 0 aliphatic heterocycles. The third kappa shape index (κ3) is 2.43. The Balaban J connectivity index is 2.68. The maximum atomic E-state index is 11.1. The molecule has 2 nitrogen and oxygen atoms in total. The van der Waals surface area contributed by atoms with Crippen molar-refractivity contribution in [2.75, 3.05) is 0 Å². The summed E-state index contributed by atoms with van der Waals surface area (Å²) in [6, 6.07) is 11.7. The molecule has 0 bridgehead atoms. The van der Waals surface area contributed by atoms with Crippen molar-refractivity contribution in [2.24, 2.45) is 0 Å². The molecule has 4 heteroatoms. The maximum Gasteiger partial charge on any atom is 0.336 e. The molecular formula is C13H8Cl2O2. The maximum absolute atomic E-state index is 11.1. The van der Waals surface area contributed by atoms with Crippen LogP contribution in [0.15, 0.2) is 42.5 Å². The van der Waals surface area contributed by atoms with Gasteiger partial charge in [-0.05, 0) is 29.8 Å². The number of benzene rings is 2. The Morgan fingerprint density at radius 2 is 1.71 bits per heavy atom. The number of halogens is 2. The Kier molecular flexibility index (Phi) is 3.36. The summed E-state index contributed by atoms with van der Waals surface area (Å²) < 4.78 is 0. The Morgan fingerprint density at radius 3 is 2.41 bits per heavy atom. The van der Waals surface area contributed by atoms with Crippen LogP contribution >= 0.6 is 23.2 Å². The van der Waals surface area contributed by atoms with Crippen LogP contribution in [0.25, 0.3) is 11.1 Å². The van der Waals surface area contributed by atoms with E-state index in [-0.39, 0.29) is 5.56 Å².